The minimum absolute atomic E-state index is 0.0369. The van der Waals surface area contributed by atoms with Crippen LogP contribution in [-0.4, -0.2) is 15.8 Å². The Morgan fingerprint density at radius 1 is 1.21 bits per heavy atom. The highest BCUT2D eigenvalue weighted by Crippen LogP contribution is 2.34. The molecule has 3 rings (SSSR count). The second-order valence-corrected chi connectivity index (χ2v) is 8.54. The standard InChI is InChI=1S/C25H23BrN4O3/c1-4-18(25(31)29-24-23(30(32)33)15(2)22(26)16(3)28-24)13-17-9-11-19(12-10-17)21-8-6-5-7-20(21)14-27/h5-12,18H,4,13H2,1-3H3,(H,28,29,31). The summed E-state index contributed by atoms with van der Waals surface area (Å²) in [4.78, 5) is 28.3. The zero-order valence-corrected chi connectivity index (χ0v) is 20.1. The van der Waals surface area contributed by atoms with Gasteiger partial charge in [-0.3, -0.25) is 14.9 Å². The van der Waals surface area contributed by atoms with E-state index in [4.69, 9.17) is 0 Å². The van der Waals surface area contributed by atoms with E-state index in [-0.39, 0.29) is 23.3 Å². The van der Waals surface area contributed by atoms with Gasteiger partial charge in [-0.1, -0.05) is 49.4 Å². The molecule has 1 amide bonds. The maximum Gasteiger partial charge on any atom is 0.315 e. The molecule has 0 aliphatic rings. The average Bonchev–Trinajstić information content (AvgIpc) is 2.81. The van der Waals surface area contributed by atoms with Gasteiger partial charge in [0.25, 0.3) is 0 Å². The van der Waals surface area contributed by atoms with Crippen LogP contribution in [0.4, 0.5) is 11.5 Å². The van der Waals surface area contributed by atoms with Crippen LogP contribution in [0.5, 0.6) is 0 Å². The smallest absolute Gasteiger partial charge is 0.305 e. The van der Waals surface area contributed by atoms with Gasteiger partial charge in [0.05, 0.1) is 22.2 Å². The Morgan fingerprint density at radius 3 is 2.48 bits per heavy atom. The third kappa shape index (κ3) is 5.26. The number of nitrogens with one attached hydrogen (secondary N) is 1. The molecule has 0 spiro atoms. The molecule has 1 heterocycles. The van der Waals surface area contributed by atoms with E-state index in [0.717, 1.165) is 16.7 Å². The molecular weight excluding hydrogens is 484 g/mol. The molecule has 168 valence electrons. The summed E-state index contributed by atoms with van der Waals surface area (Å²) in [6, 6.07) is 17.3. The Balaban J connectivity index is 1.80. The molecule has 0 radical (unpaired) electrons. The second-order valence-electron chi connectivity index (χ2n) is 7.74. The number of aryl methyl sites for hydroxylation is 1. The predicted molar refractivity (Wildman–Crippen MR) is 131 cm³/mol. The fourth-order valence-electron chi connectivity index (χ4n) is 3.71. The number of nitrogens with zero attached hydrogens (tertiary/aromatic N) is 3. The Bertz CT molecular complexity index is 1250. The summed E-state index contributed by atoms with van der Waals surface area (Å²) in [7, 11) is 0. The molecule has 1 aromatic heterocycles. The van der Waals surface area contributed by atoms with Gasteiger partial charge in [0, 0.05) is 16.0 Å². The van der Waals surface area contributed by atoms with Crippen LogP contribution in [0.3, 0.4) is 0 Å². The first-order chi connectivity index (χ1) is 15.8. The van der Waals surface area contributed by atoms with E-state index in [1.165, 1.54) is 0 Å². The third-order valence-corrected chi connectivity index (χ3v) is 6.76. The molecular formula is C25H23BrN4O3. The number of carbonyl (C=O) groups is 1. The van der Waals surface area contributed by atoms with Crippen molar-refractivity contribution < 1.29 is 9.72 Å². The van der Waals surface area contributed by atoms with Crippen molar-refractivity contribution in [2.45, 2.75) is 33.6 Å². The summed E-state index contributed by atoms with van der Waals surface area (Å²) >= 11 is 3.32. The first kappa shape index (κ1) is 24.1. The van der Waals surface area contributed by atoms with Crippen molar-refractivity contribution >= 4 is 33.3 Å². The van der Waals surface area contributed by atoms with E-state index in [1.54, 1.807) is 19.9 Å². The third-order valence-electron chi connectivity index (χ3n) is 5.59. The van der Waals surface area contributed by atoms with Gasteiger partial charge in [-0.05, 0) is 65.4 Å². The molecule has 0 saturated heterocycles. The summed E-state index contributed by atoms with van der Waals surface area (Å²) in [5.41, 5.74) is 4.12. The highest BCUT2D eigenvalue weighted by molar-refractivity contribution is 9.10. The summed E-state index contributed by atoms with van der Waals surface area (Å²) < 4.78 is 0.553. The van der Waals surface area contributed by atoms with Gasteiger partial charge >= 0.3 is 5.69 Å². The number of aromatic nitrogens is 1. The molecule has 0 bridgehead atoms. The number of anilines is 1. The summed E-state index contributed by atoms with van der Waals surface area (Å²) in [5, 5.41) is 23.6. The topological polar surface area (TPSA) is 109 Å². The van der Waals surface area contributed by atoms with Gasteiger partial charge in [-0.15, -0.1) is 0 Å². The lowest BCUT2D eigenvalue weighted by atomic mass is 9.93. The van der Waals surface area contributed by atoms with E-state index in [9.17, 15) is 20.2 Å². The summed E-state index contributed by atoms with van der Waals surface area (Å²) in [5.74, 6) is -0.730. The lowest BCUT2D eigenvalue weighted by Crippen LogP contribution is -2.25. The molecule has 1 unspecified atom stereocenters. The van der Waals surface area contributed by atoms with Gasteiger partial charge in [-0.25, -0.2) is 4.98 Å². The molecule has 0 fully saturated rings. The van der Waals surface area contributed by atoms with Crippen molar-refractivity contribution in [3.63, 3.8) is 0 Å². The van der Waals surface area contributed by atoms with Crippen LogP contribution < -0.4 is 5.32 Å². The van der Waals surface area contributed by atoms with Gasteiger partial charge in [0.2, 0.25) is 11.7 Å². The number of pyridine rings is 1. The van der Waals surface area contributed by atoms with E-state index < -0.39 is 4.92 Å². The zero-order valence-electron chi connectivity index (χ0n) is 18.6. The van der Waals surface area contributed by atoms with Crippen LogP contribution in [0.15, 0.2) is 53.0 Å². The Hall–Kier alpha value is -3.57. The number of rotatable bonds is 7. The first-order valence-electron chi connectivity index (χ1n) is 10.5. The number of hydrogen-bond donors (Lipinski definition) is 1. The highest BCUT2D eigenvalue weighted by Gasteiger charge is 2.27. The molecule has 7 nitrogen and oxygen atoms in total. The number of benzene rings is 2. The van der Waals surface area contributed by atoms with Gasteiger partial charge in [-0.2, -0.15) is 5.26 Å². The molecule has 33 heavy (non-hydrogen) atoms. The minimum Gasteiger partial charge on any atom is -0.305 e. The van der Waals surface area contributed by atoms with Crippen molar-refractivity contribution in [1.29, 1.82) is 5.26 Å². The maximum absolute atomic E-state index is 13.0. The number of halogens is 1. The Morgan fingerprint density at radius 2 is 1.88 bits per heavy atom. The maximum atomic E-state index is 13.0. The van der Waals surface area contributed by atoms with Crippen molar-refractivity contribution in [2.75, 3.05) is 5.32 Å². The largest absolute Gasteiger partial charge is 0.315 e. The fourth-order valence-corrected chi connectivity index (χ4v) is 3.99. The lowest BCUT2D eigenvalue weighted by molar-refractivity contribution is -0.384. The van der Waals surface area contributed by atoms with Gasteiger partial charge in [0.15, 0.2) is 0 Å². The second kappa shape index (κ2) is 10.4. The van der Waals surface area contributed by atoms with Crippen LogP contribution in [-0.2, 0) is 11.2 Å². The van der Waals surface area contributed by atoms with Gasteiger partial charge in [0.1, 0.15) is 0 Å². The molecule has 1 N–H and O–H groups in total. The van der Waals surface area contributed by atoms with E-state index >= 15 is 0 Å². The normalized spacial score (nSPS) is 11.5. The van der Waals surface area contributed by atoms with Crippen LogP contribution in [0.1, 0.15) is 35.7 Å². The lowest BCUT2D eigenvalue weighted by Gasteiger charge is -2.16. The van der Waals surface area contributed by atoms with Crippen molar-refractivity contribution in [2.24, 2.45) is 5.92 Å². The van der Waals surface area contributed by atoms with Crippen LogP contribution in [0.2, 0.25) is 0 Å². The fraction of sp³-hybridized carbons (Fsp3) is 0.240. The number of amides is 1. The Kier molecular flexibility index (Phi) is 7.56. The summed E-state index contributed by atoms with van der Waals surface area (Å²) in [6.45, 7) is 5.25. The average molecular weight is 507 g/mol. The Labute approximate surface area is 200 Å². The number of nitro groups is 1. The highest BCUT2D eigenvalue weighted by atomic mass is 79.9. The molecule has 0 saturated carbocycles. The molecule has 3 aromatic rings. The molecule has 1 atom stereocenters. The molecule has 0 aliphatic carbocycles. The minimum atomic E-state index is -0.527. The van der Waals surface area contributed by atoms with E-state index in [1.807, 2.05) is 49.4 Å². The molecule has 8 heteroatoms. The quantitative estimate of drug-likeness (QED) is 0.306. The number of hydrogen-bond acceptors (Lipinski definition) is 5. The number of nitriles is 1. The zero-order chi connectivity index (χ0) is 24.1. The monoisotopic (exact) mass is 506 g/mol. The van der Waals surface area contributed by atoms with Crippen molar-refractivity contribution in [3.05, 3.63) is 85.5 Å². The summed E-state index contributed by atoms with van der Waals surface area (Å²) in [6.07, 6.45) is 1.04. The van der Waals surface area contributed by atoms with Crippen molar-refractivity contribution in [1.82, 2.24) is 4.98 Å². The van der Waals surface area contributed by atoms with E-state index in [2.05, 4.69) is 32.3 Å². The molecule has 2 aromatic carbocycles. The van der Waals surface area contributed by atoms with E-state index in [0.29, 0.717) is 34.1 Å². The van der Waals surface area contributed by atoms with Crippen LogP contribution in [0, 0.1) is 41.2 Å². The first-order valence-corrected chi connectivity index (χ1v) is 11.3. The van der Waals surface area contributed by atoms with Crippen LogP contribution in [0.25, 0.3) is 11.1 Å². The van der Waals surface area contributed by atoms with Crippen LogP contribution >= 0.6 is 15.9 Å². The predicted octanol–water partition coefficient (Wildman–Crippen LogP) is 6.12. The SMILES string of the molecule is CCC(Cc1ccc(-c2ccccc2C#N)cc1)C(=O)Nc1nc(C)c(Br)c(C)c1[N+](=O)[O-]. The number of carbonyl (C=O) groups excluding carboxylic acids is 1. The van der Waals surface area contributed by atoms with Crippen molar-refractivity contribution in [3.8, 4) is 17.2 Å². The van der Waals surface area contributed by atoms with Gasteiger partial charge < -0.3 is 5.32 Å². The molecule has 0 aliphatic heterocycles.